The minimum absolute atomic E-state index is 0. The Balaban J connectivity index is 0. The first-order chi connectivity index (χ1) is 8.94. The molecule has 0 heterocycles. The number of hydrogen-bond acceptors (Lipinski definition) is 4. The molecule has 0 aliphatic heterocycles. The van der Waals surface area contributed by atoms with Crippen LogP contribution in [0, 0.1) is 0 Å². The predicted octanol–water partition coefficient (Wildman–Crippen LogP) is -1.86. The SMILES string of the molecule is CCCCCCCCS(=O)(=O)N(CCC)CC(=O)[O-].[K+]. The number of carbonyl (C=O) groups excluding carboxylic acids is 1. The zero-order valence-electron chi connectivity index (χ0n) is 13.1. The molecule has 0 saturated carbocycles. The van der Waals surface area contributed by atoms with Gasteiger partial charge in [-0.1, -0.05) is 46.0 Å². The molecule has 0 N–H and O–H groups in total. The van der Waals surface area contributed by atoms with Crippen molar-refractivity contribution in [3.63, 3.8) is 0 Å². The van der Waals surface area contributed by atoms with Gasteiger partial charge in [0.2, 0.25) is 10.0 Å². The standard InChI is InChI=1S/C13H27NO4S.K/c1-3-5-6-7-8-9-11-19(17,18)14(10-4-2)12-13(15)16;/h3-12H2,1-2H3,(H,15,16);/q;+1/p-1. The third kappa shape index (κ3) is 11.7. The van der Waals surface area contributed by atoms with Crippen LogP contribution in [0.5, 0.6) is 0 Å². The van der Waals surface area contributed by atoms with Crippen molar-refractivity contribution in [2.45, 2.75) is 58.8 Å². The van der Waals surface area contributed by atoms with Crippen molar-refractivity contribution in [2.24, 2.45) is 0 Å². The smallest absolute Gasteiger partial charge is 0.549 e. The molecule has 0 aromatic rings. The van der Waals surface area contributed by atoms with Crippen LogP contribution in [0.3, 0.4) is 0 Å². The maximum atomic E-state index is 12.0. The first kappa shape index (κ1) is 23.3. The number of carbonyl (C=O) groups is 1. The zero-order valence-corrected chi connectivity index (χ0v) is 17.0. The average molecular weight is 332 g/mol. The van der Waals surface area contributed by atoms with Crippen LogP contribution >= 0.6 is 0 Å². The van der Waals surface area contributed by atoms with E-state index in [1.807, 2.05) is 6.92 Å². The van der Waals surface area contributed by atoms with Crippen molar-refractivity contribution in [3.05, 3.63) is 0 Å². The summed E-state index contributed by atoms with van der Waals surface area (Å²) < 4.78 is 25.0. The molecule has 0 rings (SSSR count). The number of nitrogens with zero attached hydrogens (tertiary/aromatic N) is 1. The topological polar surface area (TPSA) is 77.5 Å². The van der Waals surface area contributed by atoms with Gasteiger partial charge in [-0.25, -0.2) is 8.42 Å². The zero-order chi connectivity index (χ0) is 14.7. The van der Waals surface area contributed by atoms with Crippen molar-refractivity contribution >= 4 is 16.0 Å². The van der Waals surface area contributed by atoms with E-state index in [1.165, 1.54) is 6.42 Å². The molecule has 0 bridgehead atoms. The Labute approximate surface area is 166 Å². The summed E-state index contributed by atoms with van der Waals surface area (Å²) in [6, 6.07) is 0. The minimum atomic E-state index is -3.46. The first-order valence-electron chi connectivity index (χ1n) is 7.11. The molecule has 7 heteroatoms. The summed E-state index contributed by atoms with van der Waals surface area (Å²) in [5.74, 6) is -1.31. The van der Waals surface area contributed by atoms with Crippen LogP contribution in [0.1, 0.15) is 58.8 Å². The van der Waals surface area contributed by atoms with E-state index < -0.39 is 22.5 Å². The molecular formula is C13H26KNO4S. The van der Waals surface area contributed by atoms with E-state index in [-0.39, 0.29) is 63.7 Å². The van der Waals surface area contributed by atoms with Gasteiger partial charge in [0, 0.05) is 6.54 Å². The Kier molecular flexibility index (Phi) is 15.9. The van der Waals surface area contributed by atoms with Crippen molar-refractivity contribution < 1.29 is 69.7 Å². The van der Waals surface area contributed by atoms with Crippen LogP contribution in [0.25, 0.3) is 0 Å². The summed E-state index contributed by atoms with van der Waals surface area (Å²) in [6.45, 7) is 3.66. The molecule has 0 unspecified atom stereocenters. The number of hydrogen-bond donors (Lipinski definition) is 0. The molecule has 0 aromatic carbocycles. The van der Waals surface area contributed by atoms with Crippen LogP contribution in [-0.2, 0) is 14.8 Å². The van der Waals surface area contributed by atoms with E-state index in [4.69, 9.17) is 0 Å². The Morgan fingerprint density at radius 1 is 1.00 bits per heavy atom. The quantitative estimate of drug-likeness (QED) is 0.310. The summed E-state index contributed by atoms with van der Waals surface area (Å²) in [5, 5.41) is 10.6. The number of carboxylic acids is 1. The van der Waals surface area contributed by atoms with Gasteiger partial charge >= 0.3 is 51.4 Å². The van der Waals surface area contributed by atoms with Gasteiger partial charge in [0.05, 0.1) is 18.3 Å². The average Bonchev–Trinajstić information content (AvgIpc) is 2.32. The summed E-state index contributed by atoms with van der Waals surface area (Å²) in [5.41, 5.74) is 0. The van der Waals surface area contributed by atoms with Gasteiger partial charge < -0.3 is 9.90 Å². The van der Waals surface area contributed by atoms with Gasteiger partial charge in [0.1, 0.15) is 0 Å². The number of sulfonamides is 1. The fourth-order valence-corrected chi connectivity index (χ4v) is 3.49. The Hall–Kier alpha value is 1.02. The molecule has 0 aromatic heterocycles. The molecule has 20 heavy (non-hydrogen) atoms. The van der Waals surface area contributed by atoms with Gasteiger partial charge in [0.15, 0.2) is 0 Å². The third-order valence-electron chi connectivity index (χ3n) is 2.93. The maximum absolute atomic E-state index is 12.0. The molecule has 0 fully saturated rings. The van der Waals surface area contributed by atoms with Gasteiger partial charge in [0.25, 0.3) is 0 Å². The molecule has 0 saturated heterocycles. The van der Waals surface area contributed by atoms with Crippen molar-refractivity contribution in [2.75, 3.05) is 18.8 Å². The van der Waals surface area contributed by atoms with Gasteiger partial charge in [-0.15, -0.1) is 0 Å². The van der Waals surface area contributed by atoms with Crippen LogP contribution in [0.4, 0.5) is 0 Å². The second-order valence-electron chi connectivity index (χ2n) is 4.79. The van der Waals surface area contributed by atoms with Crippen LogP contribution in [0.2, 0.25) is 0 Å². The van der Waals surface area contributed by atoms with Crippen molar-refractivity contribution in [1.29, 1.82) is 0 Å². The van der Waals surface area contributed by atoms with E-state index in [0.29, 0.717) is 12.8 Å². The van der Waals surface area contributed by atoms with Crippen molar-refractivity contribution in [1.82, 2.24) is 4.31 Å². The molecule has 5 nitrogen and oxygen atoms in total. The molecule has 0 radical (unpaired) electrons. The normalized spacial score (nSPS) is 11.3. The van der Waals surface area contributed by atoms with Crippen molar-refractivity contribution in [3.8, 4) is 0 Å². The van der Waals surface area contributed by atoms with E-state index in [1.54, 1.807) is 0 Å². The number of aliphatic carboxylic acids is 1. The molecule has 0 atom stereocenters. The first-order valence-corrected chi connectivity index (χ1v) is 8.72. The largest absolute Gasteiger partial charge is 1.00 e. The molecule has 0 amide bonds. The number of rotatable bonds is 12. The molecule has 0 spiro atoms. The second kappa shape index (κ2) is 13.7. The fourth-order valence-electron chi connectivity index (χ4n) is 1.90. The van der Waals surface area contributed by atoms with Gasteiger partial charge in [-0.3, -0.25) is 0 Å². The Morgan fingerprint density at radius 2 is 1.55 bits per heavy atom. The van der Waals surface area contributed by atoms with E-state index in [2.05, 4.69) is 6.92 Å². The van der Waals surface area contributed by atoms with E-state index in [0.717, 1.165) is 30.0 Å². The van der Waals surface area contributed by atoms with Crippen LogP contribution in [0.15, 0.2) is 0 Å². The van der Waals surface area contributed by atoms with Gasteiger partial charge in [-0.05, 0) is 12.8 Å². The Bertz CT molecular complexity index is 346. The summed E-state index contributed by atoms with van der Waals surface area (Å²) >= 11 is 0. The summed E-state index contributed by atoms with van der Waals surface area (Å²) in [4.78, 5) is 10.6. The molecular weight excluding hydrogens is 305 g/mol. The minimum Gasteiger partial charge on any atom is -0.549 e. The monoisotopic (exact) mass is 331 g/mol. The molecule has 0 aliphatic rings. The predicted molar refractivity (Wildman–Crippen MR) is 74.0 cm³/mol. The summed E-state index contributed by atoms with van der Waals surface area (Å²) in [6.07, 6.45) is 6.59. The second-order valence-corrected chi connectivity index (χ2v) is 6.88. The third-order valence-corrected chi connectivity index (χ3v) is 4.83. The Morgan fingerprint density at radius 3 is 2.05 bits per heavy atom. The van der Waals surface area contributed by atoms with E-state index >= 15 is 0 Å². The summed E-state index contributed by atoms with van der Waals surface area (Å²) in [7, 11) is -3.46. The maximum Gasteiger partial charge on any atom is 1.00 e. The fraction of sp³-hybridized carbons (Fsp3) is 0.923. The number of unbranched alkanes of at least 4 members (excludes halogenated alkanes) is 5. The van der Waals surface area contributed by atoms with Gasteiger partial charge in [-0.2, -0.15) is 4.31 Å². The number of carboxylic acid groups (broad SMARTS) is 1. The van der Waals surface area contributed by atoms with E-state index in [9.17, 15) is 18.3 Å². The molecule has 114 valence electrons. The van der Waals surface area contributed by atoms with Crippen LogP contribution in [-0.4, -0.2) is 37.5 Å². The molecule has 0 aliphatic carbocycles. The van der Waals surface area contributed by atoms with Crippen LogP contribution < -0.4 is 56.5 Å².